The Balaban J connectivity index is 2.57. The average Bonchev–Trinajstić information content (AvgIpc) is 2.34. The first kappa shape index (κ1) is 15.4. The molecule has 0 radical (unpaired) electrons. The molecule has 19 heavy (non-hydrogen) atoms. The van der Waals surface area contributed by atoms with Crippen LogP contribution in [0.25, 0.3) is 0 Å². The zero-order valence-corrected chi connectivity index (χ0v) is 11.5. The Kier molecular flexibility index (Phi) is 5.73. The highest BCUT2D eigenvalue weighted by Crippen LogP contribution is 2.21. The van der Waals surface area contributed by atoms with Crippen molar-refractivity contribution in [1.82, 2.24) is 4.90 Å². The van der Waals surface area contributed by atoms with Gasteiger partial charge in [0.15, 0.2) is 6.23 Å². The second kappa shape index (κ2) is 7.07. The topological polar surface area (TPSA) is 72.9 Å². The number of hydrogen-bond donors (Lipinski definition) is 0. The van der Waals surface area contributed by atoms with Gasteiger partial charge in [0, 0.05) is 25.5 Å². The molecule has 0 saturated carbocycles. The van der Waals surface area contributed by atoms with E-state index in [1.165, 1.54) is 11.8 Å². The molecular formula is C13H19NO5. The predicted octanol–water partition coefficient (Wildman–Crippen LogP) is 1.23. The first-order valence-corrected chi connectivity index (χ1v) is 6.30. The fourth-order valence-corrected chi connectivity index (χ4v) is 1.84. The molecule has 0 aromatic rings. The van der Waals surface area contributed by atoms with E-state index in [1.807, 2.05) is 19.8 Å². The summed E-state index contributed by atoms with van der Waals surface area (Å²) in [6, 6.07) is 0. The quantitative estimate of drug-likeness (QED) is 0.436. The van der Waals surface area contributed by atoms with Crippen molar-refractivity contribution in [2.24, 2.45) is 5.92 Å². The normalized spacial score (nSPS) is 19.3. The molecule has 0 N–H and O–H groups in total. The molecule has 1 heterocycles. The van der Waals surface area contributed by atoms with Crippen LogP contribution in [0, 0.1) is 5.92 Å². The van der Waals surface area contributed by atoms with E-state index in [2.05, 4.69) is 4.89 Å². The number of nitrogens with zero attached hydrogens (tertiary/aromatic N) is 1. The van der Waals surface area contributed by atoms with Crippen LogP contribution < -0.4 is 0 Å². The standard InChI is InChI=1S/C13H19NO5/c1-9(2)6-13(17)19-18-12-7-11(8-15)4-5-14(12)10(3)16/h9,12H,4-7H2,1-3H3. The smallest absolute Gasteiger partial charge is 0.313 e. The molecule has 1 unspecified atom stereocenters. The molecule has 0 bridgehead atoms. The molecule has 1 atom stereocenters. The fourth-order valence-electron chi connectivity index (χ4n) is 1.84. The lowest BCUT2D eigenvalue weighted by molar-refractivity contribution is -0.323. The summed E-state index contributed by atoms with van der Waals surface area (Å²) >= 11 is 0. The molecule has 6 heteroatoms. The van der Waals surface area contributed by atoms with E-state index in [-0.39, 0.29) is 24.7 Å². The molecule has 0 aliphatic carbocycles. The number of carbonyl (C=O) groups excluding carboxylic acids is 3. The molecule has 1 aliphatic heterocycles. The van der Waals surface area contributed by atoms with E-state index in [0.29, 0.717) is 18.5 Å². The summed E-state index contributed by atoms with van der Waals surface area (Å²) in [7, 11) is 0. The maximum atomic E-state index is 11.4. The highest BCUT2D eigenvalue weighted by Gasteiger charge is 2.30. The summed E-state index contributed by atoms with van der Waals surface area (Å²) < 4.78 is 0. The maximum Gasteiger partial charge on any atom is 0.342 e. The third kappa shape index (κ3) is 4.85. The van der Waals surface area contributed by atoms with Gasteiger partial charge in [-0.25, -0.2) is 9.59 Å². The number of likely N-dealkylation sites (tertiary alicyclic amines) is 1. The molecule has 0 aromatic carbocycles. The van der Waals surface area contributed by atoms with Crippen LogP contribution in [0.15, 0.2) is 5.57 Å². The Morgan fingerprint density at radius 2 is 2.16 bits per heavy atom. The van der Waals surface area contributed by atoms with Crippen molar-refractivity contribution in [1.29, 1.82) is 0 Å². The zero-order chi connectivity index (χ0) is 14.4. The first-order chi connectivity index (χ1) is 8.93. The molecular weight excluding hydrogens is 250 g/mol. The molecule has 6 nitrogen and oxygen atoms in total. The molecule has 1 rings (SSSR count). The van der Waals surface area contributed by atoms with E-state index >= 15 is 0 Å². The lowest BCUT2D eigenvalue weighted by Gasteiger charge is -2.33. The fraction of sp³-hybridized carbons (Fsp3) is 0.692. The highest BCUT2D eigenvalue weighted by atomic mass is 17.2. The van der Waals surface area contributed by atoms with Gasteiger partial charge in [0.1, 0.15) is 5.94 Å². The van der Waals surface area contributed by atoms with Crippen LogP contribution in [0.2, 0.25) is 0 Å². The van der Waals surface area contributed by atoms with Crippen molar-refractivity contribution in [3.63, 3.8) is 0 Å². The van der Waals surface area contributed by atoms with Gasteiger partial charge in [0.25, 0.3) is 0 Å². The van der Waals surface area contributed by atoms with Gasteiger partial charge in [-0.3, -0.25) is 9.68 Å². The molecule has 1 fully saturated rings. The van der Waals surface area contributed by atoms with Crippen LogP contribution in [0.3, 0.4) is 0 Å². The average molecular weight is 269 g/mol. The number of hydrogen-bond acceptors (Lipinski definition) is 5. The van der Waals surface area contributed by atoms with E-state index in [0.717, 1.165) is 0 Å². The summed E-state index contributed by atoms with van der Waals surface area (Å²) in [5.74, 6) is 1.31. The van der Waals surface area contributed by atoms with Crippen LogP contribution >= 0.6 is 0 Å². The van der Waals surface area contributed by atoms with Gasteiger partial charge in [0.2, 0.25) is 5.91 Å². The summed E-state index contributed by atoms with van der Waals surface area (Å²) in [5.41, 5.74) is 0.530. The number of rotatable bonds is 4. The Labute approximate surface area is 112 Å². The van der Waals surface area contributed by atoms with E-state index < -0.39 is 12.2 Å². The molecule has 106 valence electrons. The molecule has 1 aliphatic rings. The van der Waals surface area contributed by atoms with Gasteiger partial charge in [-0.15, -0.1) is 0 Å². The largest absolute Gasteiger partial charge is 0.342 e. The van der Waals surface area contributed by atoms with Crippen molar-refractivity contribution in [2.45, 2.75) is 46.3 Å². The van der Waals surface area contributed by atoms with Crippen molar-refractivity contribution in [2.75, 3.05) is 6.54 Å². The summed E-state index contributed by atoms with van der Waals surface area (Å²) in [5, 5.41) is 0. The molecule has 1 saturated heterocycles. The van der Waals surface area contributed by atoms with Crippen molar-refractivity contribution < 1.29 is 24.2 Å². The Morgan fingerprint density at radius 3 is 2.68 bits per heavy atom. The first-order valence-electron chi connectivity index (χ1n) is 6.30. The van der Waals surface area contributed by atoms with Crippen LogP contribution in [0.5, 0.6) is 0 Å². The van der Waals surface area contributed by atoms with Gasteiger partial charge in [-0.2, -0.15) is 4.89 Å². The Morgan fingerprint density at radius 1 is 1.47 bits per heavy atom. The van der Waals surface area contributed by atoms with Crippen LogP contribution in [0.4, 0.5) is 0 Å². The second-order valence-corrected chi connectivity index (χ2v) is 4.98. The Bertz CT molecular complexity index is 398. The van der Waals surface area contributed by atoms with Gasteiger partial charge < -0.3 is 4.90 Å². The summed E-state index contributed by atoms with van der Waals surface area (Å²) in [6.45, 7) is 5.54. The maximum absolute atomic E-state index is 11.4. The SMILES string of the molecule is CC(=O)N1CCC(=C=O)CC1OOC(=O)CC(C)C. The van der Waals surface area contributed by atoms with Gasteiger partial charge >= 0.3 is 5.97 Å². The third-order valence-electron chi connectivity index (χ3n) is 2.80. The van der Waals surface area contributed by atoms with E-state index in [4.69, 9.17) is 4.89 Å². The summed E-state index contributed by atoms with van der Waals surface area (Å²) in [4.78, 5) is 44.6. The van der Waals surface area contributed by atoms with Crippen molar-refractivity contribution >= 4 is 17.8 Å². The number of carbonyl (C=O) groups is 2. The monoisotopic (exact) mass is 269 g/mol. The van der Waals surface area contributed by atoms with Crippen LogP contribution in [-0.4, -0.2) is 35.5 Å². The van der Waals surface area contributed by atoms with Crippen LogP contribution in [-0.2, 0) is 24.2 Å². The molecule has 1 amide bonds. The van der Waals surface area contributed by atoms with Crippen molar-refractivity contribution in [3.05, 3.63) is 5.57 Å². The second-order valence-electron chi connectivity index (χ2n) is 4.98. The molecule has 0 spiro atoms. The van der Waals surface area contributed by atoms with E-state index in [9.17, 15) is 14.4 Å². The minimum atomic E-state index is -0.737. The van der Waals surface area contributed by atoms with Crippen molar-refractivity contribution in [3.8, 4) is 0 Å². The lowest BCUT2D eigenvalue weighted by Crippen LogP contribution is -2.45. The number of amides is 1. The molecule has 0 aromatic heterocycles. The van der Waals surface area contributed by atoms with Gasteiger partial charge in [-0.05, 0) is 12.3 Å². The third-order valence-corrected chi connectivity index (χ3v) is 2.80. The van der Waals surface area contributed by atoms with E-state index in [1.54, 1.807) is 0 Å². The number of piperidine rings is 1. The lowest BCUT2D eigenvalue weighted by atomic mass is 10.0. The van der Waals surface area contributed by atoms with Gasteiger partial charge in [0.05, 0.1) is 6.42 Å². The predicted molar refractivity (Wildman–Crippen MR) is 66.2 cm³/mol. The van der Waals surface area contributed by atoms with Crippen LogP contribution in [0.1, 0.15) is 40.0 Å². The minimum absolute atomic E-state index is 0.164. The van der Waals surface area contributed by atoms with Gasteiger partial charge in [-0.1, -0.05) is 13.8 Å². The highest BCUT2D eigenvalue weighted by molar-refractivity contribution is 5.74. The summed E-state index contributed by atoms with van der Waals surface area (Å²) in [6.07, 6.45) is 0.197. The Hall–Kier alpha value is -1.65. The minimum Gasteiger partial charge on any atom is -0.313 e. The zero-order valence-electron chi connectivity index (χ0n) is 11.5.